The van der Waals surface area contributed by atoms with Crippen LogP contribution in [0.2, 0.25) is 0 Å². The molecule has 2 heterocycles. The largest absolute Gasteiger partial charge is 0.450 e. The van der Waals surface area contributed by atoms with Crippen molar-refractivity contribution < 1.29 is 14.3 Å². The molecule has 0 aromatic heterocycles. The molecule has 1 aromatic carbocycles. The maximum atomic E-state index is 12.2. The molecule has 3 rings (SSSR count). The molecule has 0 aliphatic carbocycles. The van der Waals surface area contributed by atoms with Crippen LogP contribution in [-0.2, 0) is 9.53 Å². The van der Waals surface area contributed by atoms with Crippen LogP contribution < -0.4 is 10.2 Å². The van der Waals surface area contributed by atoms with E-state index in [0.29, 0.717) is 19.2 Å². The maximum absolute atomic E-state index is 12.2. The molecular weight excluding hydrogens is 342 g/mol. The normalized spacial score (nSPS) is 24.0. The lowest BCUT2D eigenvalue weighted by molar-refractivity contribution is -0.107. The summed E-state index contributed by atoms with van der Waals surface area (Å²) in [5, 5.41) is 3.60. The lowest BCUT2D eigenvalue weighted by atomic mass is 9.98. The minimum atomic E-state index is -0.162. The van der Waals surface area contributed by atoms with Crippen LogP contribution >= 0.6 is 0 Å². The number of fused-ring (bicyclic) bond motifs is 2. The number of benzene rings is 1. The molecular formula is C21H31N3O3. The van der Waals surface area contributed by atoms with E-state index in [1.807, 2.05) is 17.9 Å². The summed E-state index contributed by atoms with van der Waals surface area (Å²) in [6.07, 6.45) is 4.78. The molecule has 1 N–H and O–H groups in total. The van der Waals surface area contributed by atoms with Crippen molar-refractivity contribution in [1.29, 1.82) is 0 Å². The van der Waals surface area contributed by atoms with E-state index in [1.54, 1.807) is 4.90 Å². The van der Waals surface area contributed by atoms with E-state index < -0.39 is 0 Å². The van der Waals surface area contributed by atoms with Gasteiger partial charge in [0.2, 0.25) is 6.41 Å². The van der Waals surface area contributed by atoms with Gasteiger partial charge in [-0.3, -0.25) is 4.79 Å². The Kier molecular flexibility index (Phi) is 6.37. The van der Waals surface area contributed by atoms with Crippen LogP contribution in [-0.4, -0.2) is 55.2 Å². The Morgan fingerprint density at radius 1 is 1.26 bits per heavy atom. The van der Waals surface area contributed by atoms with Crippen LogP contribution in [0.4, 0.5) is 10.5 Å². The molecule has 2 saturated heterocycles. The Bertz CT molecular complexity index is 665. The van der Waals surface area contributed by atoms with E-state index in [0.717, 1.165) is 44.3 Å². The molecule has 0 radical (unpaired) electrons. The molecule has 27 heavy (non-hydrogen) atoms. The van der Waals surface area contributed by atoms with Gasteiger partial charge in [0, 0.05) is 36.9 Å². The highest BCUT2D eigenvalue weighted by Crippen LogP contribution is 2.36. The topological polar surface area (TPSA) is 61.9 Å². The van der Waals surface area contributed by atoms with Crippen molar-refractivity contribution in [3.8, 4) is 0 Å². The standard InChI is InChI=1S/C21H31N3O3/c1-4-27-21(26)24-19-7-8-20(24)13-17(12-19)22-9-10-23(14-25)18-6-5-15(2)16(3)11-18/h5-6,11,14,17,19-20,22H,4,7-10,12-13H2,1-3H3. The van der Waals surface area contributed by atoms with Crippen molar-refractivity contribution >= 4 is 18.2 Å². The number of nitrogens with one attached hydrogen (secondary N) is 1. The second kappa shape index (κ2) is 8.74. The van der Waals surface area contributed by atoms with Gasteiger partial charge in [0.1, 0.15) is 0 Å². The van der Waals surface area contributed by atoms with E-state index in [-0.39, 0.29) is 18.2 Å². The lowest BCUT2D eigenvalue weighted by Crippen LogP contribution is -2.52. The van der Waals surface area contributed by atoms with Gasteiger partial charge in [-0.15, -0.1) is 0 Å². The summed E-state index contributed by atoms with van der Waals surface area (Å²) in [5.74, 6) is 0. The SMILES string of the molecule is CCOC(=O)N1C2CCC1CC(NCCN(C=O)c1ccc(C)c(C)c1)C2. The predicted molar refractivity (Wildman–Crippen MR) is 106 cm³/mol. The minimum Gasteiger partial charge on any atom is -0.450 e. The lowest BCUT2D eigenvalue weighted by Gasteiger charge is -2.38. The summed E-state index contributed by atoms with van der Waals surface area (Å²) >= 11 is 0. The number of hydrogen-bond acceptors (Lipinski definition) is 4. The third-order valence-corrected chi connectivity index (χ3v) is 5.95. The average molecular weight is 373 g/mol. The van der Waals surface area contributed by atoms with E-state index in [9.17, 15) is 9.59 Å². The van der Waals surface area contributed by atoms with Crippen molar-refractivity contribution in [2.75, 3.05) is 24.6 Å². The molecule has 0 spiro atoms. The number of aryl methyl sites for hydroxylation is 2. The van der Waals surface area contributed by atoms with Crippen LogP contribution in [0.25, 0.3) is 0 Å². The molecule has 2 aliphatic rings. The monoisotopic (exact) mass is 373 g/mol. The number of rotatable bonds is 7. The summed E-state index contributed by atoms with van der Waals surface area (Å²) < 4.78 is 5.21. The van der Waals surface area contributed by atoms with Gasteiger partial charge in [-0.1, -0.05) is 6.07 Å². The molecule has 2 atom stereocenters. The summed E-state index contributed by atoms with van der Waals surface area (Å²) in [7, 11) is 0. The second-order valence-electron chi connectivity index (χ2n) is 7.68. The number of anilines is 1. The molecule has 6 heteroatoms. The van der Waals surface area contributed by atoms with E-state index >= 15 is 0 Å². The van der Waals surface area contributed by atoms with Crippen molar-refractivity contribution in [2.45, 2.75) is 64.6 Å². The number of ether oxygens (including phenoxy) is 1. The van der Waals surface area contributed by atoms with Crippen molar-refractivity contribution in [3.05, 3.63) is 29.3 Å². The van der Waals surface area contributed by atoms with Crippen LogP contribution in [0.1, 0.15) is 43.7 Å². The van der Waals surface area contributed by atoms with Crippen LogP contribution in [0.3, 0.4) is 0 Å². The number of nitrogens with zero attached hydrogens (tertiary/aromatic N) is 2. The summed E-state index contributed by atoms with van der Waals surface area (Å²) in [5.41, 5.74) is 3.36. The zero-order valence-electron chi connectivity index (χ0n) is 16.6. The van der Waals surface area contributed by atoms with E-state index in [1.165, 1.54) is 11.1 Å². The fourth-order valence-corrected chi connectivity index (χ4v) is 4.38. The summed E-state index contributed by atoms with van der Waals surface area (Å²) in [6.45, 7) is 7.80. The Labute approximate surface area is 161 Å². The fraction of sp³-hybridized carbons (Fsp3) is 0.619. The van der Waals surface area contributed by atoms with E-state index in [4.69, 9.17) is 4.74 Å². The van der Waals surface area contributed by atoms with Crippen LogP contribution in [0.15, 0.2) is 18.2 Å². The van der Waals surface area contributed by atoms with Crippen LogP contribution in [0.5, 0.6) is 0 Å². The molecule has 2 aliphatic heterocycles. The third kappa shape index (κ3) is 4.43. The Hall–Kier alpha value is -2.08. The first kappa shape index (κ1) is 19.7. The van der Waals surface area contributed by atoms with Gasteiger partial charge in [-0.25, -0.2) is 4.79 Å². The van der Waals surface area contributed by atoms with Crippen molar-refractivity contribution in [3.63, 3.8) is 0 Å². The van der Waals surface area contributed by atoms with E-state index in [2.05, 4.69) is 31.3 Å². The first-order valence-corrected chi connectivity index (χ1v) is 10.0. The Morgan fingerprint density at radius 3 is 2.56 bits per heavy atom. The highest BCUT2D eigenvalue weighted by Gasteiger charge is 2.43. The molecule has 2 unspecified atom stereocenters. The fourth-order valence-electron chi connectivity index (χ4n) is 4.38. The number of carbonyl (C=O) groups excluding carboxylic acids is 2. The van der Waals surface area contributed by atoms with Gasteiger partial charge in [0.25, 0.3) is 0 Å². The quantitative estimate of drug-likeness (QED) is 0.747. The molecule has 2 bridgehead atoms. The van der Waals surface area contributed by atoms with Gasteiger partial charge in [-0.2, -0.15) is 0 Å². The maximum Gasteiger partial charge on any atom is 0.410 e. The summed E-state index contributed by atoms with van der Waals surface area (Å²) in [6, 6.07) is 7.06. The van der Waals surface area contributed by atoms with Gasteiger partial charge < -0.3 is 19.9 Å². The number of amides is 2. The van der Waals surface area contributed by atoms with Gasteiger partial charge in [-0.05, 0) is 69.7 Å². The molecule has 148 valence electrons. The molecule has 2 fully saturated rings. The number of carbonyl (C=O) groups is 2. The average Bonchev–Trinajstić information content (AvgIpc) is 2.92. The van der Waals surface area contributed by atoms with Crippen molar-refractivity contribution in [1.82, 2.24) is 10.2 Å². The summed E-state index contributed by atoms with van der Waals surface area (Å²) in [4.78, 5) is 27.4. The molecule has 2 amide bonds. The Morgan fingerprint density at radius 2 is 1.96 bits per heavy atom. The predicted octanol–water partition coefficient (Wildman–Crippen LogP) is 3.01. The number of hydrogen-bond donors (Lipinski definition) is 1. The highest BCUT2D eigenvalue weighted by molar-refractivity contribution is 5.75. The van der Waals surface area contributed by atoms with Crippen molar-refractivity contribution in [2.24, 2.45) is 0 Å². The zero-order chi connectivity index (χ0) is 19.4. The molecule has 0 saturated carbocycles. The zero-order valence-corrected chi connectivity index (χ0v) is 16.6. The van der Waals surface area contributed by atoms with Gasteiger partial charge in [0.15, 0.2) is 0 Å². The first-order chi connectivity index (χ1) is 13.0. The second-order valence-corrected chi connectivity index (χ2v) is 7.68. The first-order valence-electron chi connectivity index (χ1n) is 10.0. The van der Waals surface area contributed by atoms with Gasteiger partial charge >= 0.3 is 6.09 Å². The minimum absolute atomic E-state index is 0.162. The number of piperidine rings is 1. The molecule has 6 nitrogen and oxygen atoms in total. The van der Waals surface area contributed by atoms with Crippen LogP contribution in [0, 0.1) is 13.8 Å². The highest BCUT2D eigenvalue weighted by atomic mass is 16.6. The Balaban J connectivity index is 1.50. The third-order valence-electron chi connectivity index (χ3n) is 5.95. The molecule has 1 aromatic rings. The smallest absolute Gasteiger partial charge is 0.410 e. The van der Waals surface area contributed by atoms with Gasteiger partial charge in [0.05, 0.1) is 6.61 Å².